The third-order valence-corrected chi connectivity index (χ3v) is 5.29. The summed E-state index contributed by atoms with van der Waals surface area (Å²) in [6, 6.07) is 17.3. The maximum absolute atomic E-state index is 14.9. The minimum absolute atomic E-state index is 0.0949. The largest absolute Gasteiger partial charge is 0.423 e. The Bertz CT molecular complexity index is 1240. The first kappa shape index (κ1) is 24.8. The number of rotatable bonds is 8. The van der Waals surface area contributed by atoms with Crippen molar-refractivity contribution in [2.45, 2.75) is 26.7 Å². The molecule has 5 heteroatoms. The monoisotopic (exact) mass is 462 g/mol. The zero-order chi connectivity index (χ0) is 24.7. The highest BCUT2D eigenvalue weighted by atomic mass is 19.2. The average Bonchev–Trinajstić information content (AvgIpc) is 2.83. The summed E-state index contributed by atoms with van der Waals surface area (Å²) in [6.45, 7) is 7.32. The van der Waals surface area contributed by atoms with Crippen LogP contribution < -0.4 is 4.74 Å². The second-order valence-corrected chi connectivity index (χ2v) is 7.77. The maximum Gasteiger partial charge on any atom is 0.343 e. The van der Waals surface area contributed by atoms with Crippen LogP contribution in [-0.4, -0.2) is 5.97 Å². The van der Waals surface area contributed by atoms with E-state index in [2.05, 4.69) is 6.58 Å². The molecule has 3 aromatic rings. The van der Waals surface area contributed by atoms with Gasteiger partial charge >= 0.3 is 5.97 Å². The van der Waals surface area contributed by atoms with E-state index in [-0.39, 0.29) is 23.3 Å². The zero-order valence-electron chi connectivity index (χ0n) is 19.1. The third kappa shape index (κ3) is 6.13. The van der Waals surface area contributed by atoms with Crippen LogP contribution in [0.15, 0.2) is 97.1 Å². The molecule has 0 saturated carbocycles. The first-order valence-electron chi connectivity index (χ1n) is 10.9. The fourth-order valence-corrected chi connectivity index (χ4v) is 3.35. The van der Waals surface area contributed by atoms with Crippen molar-refractivity contribution in [1.82, 2.24) is 0 Å². The van der Waals surface area contributed by atoms with Crippen molar-refractivity contribution in [3.8, 4) is 5.75 Å². The second-order valence-electron chi connectivity index (χ2n) is 7.77. The quantitative estimate of drug-likeness (QED) is 0.193. The molecular formula is C29H25F3O2. The van der Waals surface area contributed by atoms with Gasteiger partial charge in [-0.2, -0.15) is 0 Å². The molecule has 0 aliphatic heterocycles. The van der Waals surface area contributed by atoms with E-state index in [1.165, 1.54) is 42.5 Å². The summed E-state index contributed by atoms with van der Waals surface area (Å²) in [5.41, 5.74) is 2.87. The second kappa shape index (κ2) is 11.3. The van der Waals surface area contributed by atoms with E-state index in [1.54, 1.807) is 18.2 Å². The third-order valence-electron chi connectivity index (χ3n) is 5.29. The Morgan fingerprint density at radius 3 is 2.21 bits per heavy atom. The van der Waals surface area contributed by atoms with Gasteiger partial charge in [-0.25, -0.2) is 18.0 Å². The predicted molar refractivity (Wildman–Crippen MR) is 129 cm³/mol. The van der Waals surface area contributed by atoms with Crippen LogP contribution in [0.5, 0.6) is 5.75 Å². The Hall–Kier alpha value is -3.86. The van der Waals surface area contributed by atoms with Crippen molar-refractivity contribution >= 4 is 11.5 Å². The van der Waals surface area contributed by atoms with Crippen LogP contribution in [0.4, 0.5) is 13.2 Å². The fourth-order valence-electron chi connectivity index (χ4n) is 3.35. The Morgan fingerprint density at radius 1 is 0.971 bits per heavy atom. The van der Waals surface area contributed by atoms with E-state index >= 15 is 0 Å². The number of ether oxygens (including phenoxy) is 1. The Morgan fingerprint density at radius 2 is 1.62 bits per heavy atom. The van der Waals surface area contributed by atoms with Crippen LogP contribution in [-0.2, 0) is 12.8 Å². The van der Waals surface area contributed by atoms with Crippen molar-refractivity contribution in [2.24, 2.45) is 0 Å². The van der Waals surface area contributed by atoms with Crippen molar-refractivity contribution in [3.63, 3.8) is 0 Å². The summed E-state index contributed by atoms with van der Waals surface area (Å²) in [4.78, 5) is 12.4. The van der Waals surface area contributed by atoms with Crippen LogP contribution in [0.3, 0.4) is 0 Å². The van der Waals surface area contributed by atoms with Gasteiger partial charge in [-0.15, -0.1) is 0 Å². The Balaban J connectivity index is 1.73. The highest BCUT2D eigenvalue weighted by Gasteiger charge is 2.15. The normalized spacial score (nSPS) is 12.2. The number of hydrogen-bond acceptors (Lipinski definition) is 2. The average molecular weight is 463 g/mol. The molecule has 0 amide bonds. The molecule has 3 rings (SSSR count). The number of allylic oxidation sites excluding steroid dienone is 5. The molecule has 0 bridgehead atoms. The summed E-state index contributed by atoms with van der Waals surface area (Å²) in [5, 5.41) is 0. The lowest BCUT2D eigenvalue weighted by molar-refractivity contribution is 0.0734. The number of hydrogen-bond donors (Lipinski definition) is 0. The van der Waals surface area contributed by atoms with Gasteiger partial charge in [0.1, 0.15) is 17.4 Å². The van der Waals surface area contributed by atoms with Gasteiger partial charge < -0.3 is 4.74 Å². The van der Waals surface area contributed by atoms with E-state index in [9.17, 15) is 18.0 Å². The van der Waals surface area contributed by atoms with Crippen molar-refractivity contribution in [2.75, 3.05) is 0 Å². The molecule has 0 aliphatic rings. The number of carbonyl (C=O) groups excluding carboxylic acids is 1. The molecule has 0 radical (unpaired) electrons. The molecule has 34 heavy (non-hydrogen) atoms. The molecule has 0 aromatic heterocycles. The van der Waals surface area contributed by atoms with Crippen LogP contribution in [0.25, 0.3) is 5.57 Å². The summed E-state index contributed by atoms with van der Waals surface area (Å²) in [6.07, 6.45) is 3.08. The van der Waals surface area contributed by atoms with Gasteiger partial charge in [0.2, 0.25) is 0 Å². The van der Waals surface area contributed by atoms with Gasteiger partial charge in [-0.05, 0) is 48.2 Å². The molecule has 0 fully saturated rings. The molecule has 2 nitrogen and oxygen atoms in total. The lowest BCUT2D eigenvalue weighted by atomic mass is 10.0. The molecule has 0 N–H and O–H groups in total. The van der Waals surface area contributed by atoms with E-state index in [0.29, 0.717) is 23.1 Å². The van der Waals surface area contributed by atoms with Crippen molar-refractivity contribution < 1.29 is 22.7 Å². The van der Waals surface area contributed by atoms with E-state index < -0.39 is 23.4 Å². The van der Waals surface area contributed by atoms with Crippen LogP contribution in [0, 0.1) is 12.7 Å². The van der Waals surface area contributed by atoms with Crippen LogP contribution in [0.2, 0.25) is 0 Å². The van der Waals surface area contributed by atoms with Crippen LogP contribution in [0.1, 0.15) is 39.5 Å². The van der Waals surface area contributed by atoms with E-state index in [4.69, 9.17) is 4.74 Å². The SMILES string of the molecule is C=C/C=C(\C(F)=C(\F)Cc1ccc(C(=O)Oc2ccc(CC)c(F)c2)cc1)c1ccc(C)cc1. The molecule has 174 valence electrons. The highest BCUT2D eigenvalue weighted by Crippen LogP contribution is 2.29. The van der Waals surface area contributed by atoms with Crippen molar-refractivity contribution in [1.29, 1.82) is 0 Å². The maximum atomic E-state index is 14.9. The van der Waals surface area contributed by atoms with Crippen LogP contribution >= 0.6 is 0 Å². The number of carbonyl (C=O) groups is 1. The van der Waals surface area contributed by atoms with Gasteiger partial charge in [0.05, 0.1) is 5.56 Å². The molecule has 0 heterocycles. The zero-order valence-corrected chi connectivity index (χ0v) is 19.1. The molecular weight excluding hydrogens is 437 g/mol. The Labute approximate surface area is 197 Å². The van der Waals surface area contributed by atoms with Gasteiger partial charge in [-0.3, -0.25) is 0 Å². The molecule has 0 atom stereocenters. The van der Waals surface area contributed by atoms with Gasteiger partial charge in [0.25, 0.3) is 0 Å². The molecule has 3 aromatic carbocycles. The predicted octanol–water partition coefficient (Wildman–Crippen LogP) is 7.88. The minimum atomic E-state index is -0.968. The first-order chi connectivity index (χ1) is 16.3. The summed E-state index contributed by atoms with van der Waals surface area (Å²) in [5.74, 6) is -2.92. The Kier molecular flexibility index (Phi) is 8.25. The highest BCUT2D eigenvalue weighted by molar-refractivity contribution is 5.91. The number of aryl methyl sites for hydroxylation is 2. The molecule has 0 aliphatic carbocycles. The number of benzene rings is 3. The minimum Gasteiger partial charge on any atom is -0.423 e. The first-order valence-corrected chi connectivity index (χ1v) is 10.9. The number of halogens is 3. The van der Waals surface area contributed by atoms with Gasteiger partial charge in [-0.1, -0.05) is 73.7 Å². The van der Waals surface area contributed by atoms with E-state index in [1.807, 2.05) is 26.0 Å². The van der Waals surface area contributed by atoms with Gasteiger partial charge in [0, 0.05) is 18.1 Å². The molecule has 0 unspecified atom stereocenters. The molecule has 0 saturated heterocycles. The molecule has 0 spiro atoms. The van der Waals surface area contributed by atoms with Gasteiger partial charge in [0.15, 0.2) is 5.83 Å². The lowest BCUT2D eigenvalue weighted by Crippen LogP contribution is -2.09. The lowest BCUT2D eigenvalue weighted by Gasteiger charge is -2.09. The number of esters is 1. The van der Waals surface area contributed by atoms with E-state index in [0.717, 1.165) is 11.6 Å². The summed E-state index contributed by atoms with van der Waals surface area (Å²) < 4.78 is 48.8. The topological polar surface area (TPSA) is 26.3 Å². The fraction of sp³-hybridized carbons (Fsp3) is 0.138. The summed E-state index contributed by atoms with van der Waals surface area (Å²) in [7, 11) is 0. The standard InChI is InChI=1S/C29H25F3O2/c1-4-6-25(22-11-7-19(3)8-12-22)28(32)27(31)17-20-9-13-23(14-10-20)29(33)34-24-16-15-21(5-2)26(30)18-24/h4,6-16,18H,1,5,17H2,2-3H3/b25-6-,28-27-. The smallest absolute Gasteiger partial charge is 0.343 e. The van der Waals surface area contributed by atoms with Crippen molar-refractivity contribution in [3.05, 3.63) is 131 Å². The summed E-state index contributed by atoms with van der Waals surface area (Å²) >= 11 is 0.